The van der Waals surface area contributed by atoms with Crippen LogP contribution in [0, 0.1) is 5.92 Å². The summed E-state index contributed by atoms with van der Waals surface area (Å²) in [6.45, 7) is 0.548. The zero-order valence-electron chi connectivity index (χ0n) is 10.1. The Hall–Kier alpha value is -0.670. The Morgan fingerprint density at radius 2 is 1.94 bits per heavy atom. The number of carboxylic acid groups (broad SMARTS) is 1. The molecule has 0 aromatic heterocycles. The van der Waals surface area contributed by atoms with E-state index in [2.05, 4.69) is 0 Å². The van der Waals surface area contributed by atoms with Gasteiger partial charge in [-0.1, -0.05) is 0 Å². The van der Waals surface area contributed by atoms with Crippen molar-refractivity contribution < 1.29 is 26.7 Å². The number of rotatable bonds is 5. The number of sulfone groups is 1. The first-order valence-electron chi connectivity index (χ1n) is 5.47. The molecule has 7 nitrogen and oxygen atoms in total. The van der Waals surface area contributed by atoms with Crippen LogP contribution < -0.4 is 0 Å². The van der Waals surface area contributed by atoms with E-state index >= 15 is 0 Å². The topological polar surface area (TPSA) is 109 Å². The lowest BCUT2D eigenvalue weighted by Crippen LogP contribution is -2.41. The standard InChI is InChI=1S/C9H17NO6S2/c1-17(13,14)10-4-2-3-8(5-10)6-18(15,16)7-9(11)12/h8H,2-7H2,1H3,(H,11,12). The molecule has 0 radical (unpaired) electrons. The summed E-state index contributed by atoms with van der Waals surface area (Å²) >= 11 is 0. The molecule has 0 bridgehead atoms. The Bertz CT molecular complexity index is 509. The molecule has 1 saturated heterocycles. The summed E-state index contributed by atoms with van der Waals surface area (Å²) < 4.78 is 47.0. The zero-order valence-corrected chi connectivity index (χ0v) is 11.7. The predicted octanol–water partition coefficient (Wildman–Crippen LogP) is -0.843. The predicted molar refractivity (Wildman–Crippen MR) is 65.4 cm³/mol. The van der Waals surface area contributed by atoms with E-state index in [9.17, 15) is 21.6 Å². The maximum absolute atomic E-state index is 11.5. The van der Waals surface area contributed by atoms with Crippen molar-refractivity contribution in [1.82, 2.24) is 4.31 Å². The summed E-state index contributed by atoms with van der Waals surface area (Å²) in [5, 5.41) is 8.47. The first-order valence-corrected chi connectivity index (χ1v) is 9.14. The van der Waals surface area contributed by atoms with Crippen LogP contribution in [0.3, 0.4) is 0 Å². The summed E-state index contributed by atoms with van der Waals surface area (Å²) in [7, 11) is -6.99. The molecule has 106 valence electrons. The van der Waals surface area contributed by atoms with Crippen molar-refractivity contribution in [3.8, 4) is 0 Å². The second-order valence-electron chi connectivity index (χ2n) is 4.58. The average molecular weight is 299 g/mol. The maximum Gasteiger partial charge on any atom is 0.318 e. The van der Waals surface area contributed by atoms with Gasteiger partial charge in [-0.2, -0.15) is 0 Å². The van der Waals surface area contributed by atoms with E-state index in [1.54, 1.807) is 0 Å². The number of nitrogens with zero attached hydrogens (tertiary/aromatic N) is 1. The summed E-state index contributed by atoms with van der Waals surface area (Å²) in [5.41, 5.74) is 0. The van der Waals surface area contributed by atoms with E-state index in [1.807, 2.05) is 0 Å². The van der Waals surface area contributed by atoms with Crippen LogP contribution in [0.25, 0.3) is 0 Å². The second-order valence-corrected chi connectivity index (χ2v) is 8.67. The molecule has 1 atom stereocenters. The molecule has 0 amide bonds. The third-order valence-electron chi connectivity index (χ3n) is 2.78. The molecule has 1 fully saturated rings. The molecule has 0 aliphatic carbocycles. The van der Waals surface area contributed by atoms with Gasteiger partial charge in [-0.25, -0.2) is 21.1 Å². The molecule has 1 N–H and O–H groups in total. The van der Waals surface area contributed by atoms with Crippen molar-refractivity contribution in [2.75, 3.05) is 30.9 Å². The number of hydrogen-bond acceptors (Lipinski definition) is 5. The van der Waals surface area contributed by atoms with Gasteiger partial charge in [-0.3, -0.25) is 4.79 Å². The number of piperidine rings is 1. The van der Waals surface area contributed by atoms with Crippen LogP contribution in [0.2, 0.25) is 0 Å². The highest BCUT2D eigenvalue weighted by Crippen LogP contribution is 2.20. The van der Waals surface area contributed by atoms with Gasteiger partial charge >= 0.3 is 5.97 Å². The average Bonchev–Trinajstić information content (AvgIpc) is 2.13. The van der Waals surface area contributed by atoms with Crippen molar-refractivity contribution in [3.63, 3.8) is 0 Å². The monoisotopic (exact) mass is 299 g/mol. The van der Waals surface area contributed by atoms with Gasteiger partial charge in [0.05, 0.1) is 12.0 Å². The second kappa shape index (κ2) is 5.54. The largest absolute Gasteiger partial charge is 0.480 e. The van der Waals surface area contributed by atoms with E-state index in [4.69, 9.17) is 5.11 Å². The number of carbonyl (C=O) groups is 1. The minimum absolute atomic E-state index is 0.150. The molecule has 0 saturated carbocycles. The van der Waals surface area contributed by atoms with Crippen LogP contribution in [0.15, 0.2) is 0 Å². The Kier molecular flexibility index (Phi) is 4.73. The highest BCUT2D eigenvalue weighted by atomic mass is 32.2. The first kappa shape index (κ1) is 15.4. The lowest BCUT2D eigenvalue weighted by molar-refractivity contribution is -0.134. The third kappa shape index (κ3) is 4.91. The van der Waals surface area contributed by atoms with Crippen LogP contribution in [0.4, 0.5) is 0 Å². The summed E-state index contributed by atoms with van der Waals surface area (Å²) in [6.07, 6.45) is 2.28. The van der Waals surface area contributed by atoms with E-state index in [0.717, 1.165) is 6.26 Å². The van der Waals surface area contributed by atoms with E-state index in [1.165, 1.54) is 4.31 Å². The van der Waals surface area contributed by atoms with E-state index < -0.39 is 31.6 Å². The summed E-state index contributed by atoms with van der Waals surface area (Å²) in [6, 6.07) is 0. The van der Waals surface area contributed by atoms with Gasteiger partial charge in [0.25, 0.3) is 0 Å². The molecule has 18 heavy (non-hydrogen) atoms. The fraction of sp³-hybridized carbons (Fsp3) is 0.889. The molecular formula is C9H17NO6S2. The zero-order chi connectivity index (χ0) is 14.0. The molecule has 0 aromatic carbocycles. The van der Waals surface area contributed by atoms with Gasteiger partial charge < -0.3 is 5.11 Å². The number of hydrogen-bond donors (Lipinski definition) is 1. The lowest BCUT2D eigenvalue weighted by Gasteiger charge is -2.30. The number of aliphatic carboxylic acids is 1. The number of sulfonamides is 1. The van der Waals surface area contributed by atoms with Crippen molar-refractivity contribution in [1.29, 1.82) is 0 Å². The Labute approximate surface area is 107 Å². The Balaban J connectivity index is 2.66. The quantitative estimate of drug-likeness (QED) is 0.709. The summed E-state index contributed by atoms with van der Waals surface area (Å²) in [5.74, 6) is -2.88. The van der Waals surface area contributed by atoms with Crippen LogP contribution in [-0.2, 0) is 24.7 Å². The molecule has 9 heteroatoms. The third-order valence-corrected chi connectivity index (χ3v) is 5.72. The normalized spacial score (nSPS) is 22.8. The van der Waals surface area contributed by atoms with Crippen LogP contribution in [0.1, 0.15) is 12.8 Å². The lowest BCUT2D eigenvalue weighted by atomic mass is 10.0. The van der Waals surface area contributed by atoms with Crippen LogP contribution >= 0.6 is 0 Å². The minimum Gasteiger partial charge on any atom is -0.480 e. The molecule has 1 aliphatic rings. The van der Waals surface area contributed by atoms with Crippen LogP contribution in [-0.4, -0.2) is 63.1 Å². The maximum atomic E-state index is 11.5. The fourth-order valence-electron chi connectivity index (χ4n) is 2.07. The van der Waals surface area contributed by atoms with E-state index in [0.29, 0.717) is 19.4 Å². The smallest absolute Gasteiger partial charge is 0.318 e. The Morgan fingerprint density at radius 1 is 1.33 bits per heavy atom. The fourth-order valence-corrected chi connectivity index (χ4v) is 4.50. The molecule has 0 spiro atoms. The van der Waals surface area contributed by atoms with Crippen molar-refractivity contribution in [3.05, 3.63) is 0 Å². The van der Waals surface area contributed by atoms with Gasteiger partial charge in [0, 0.05) is 13.1 Å². The molecule has 1 rings (SSSR count). The molecular weight excluding hydrogens is 282 g/mol. The van der Waals surface area contributed by atoms with Crippen molar-refractivity contribution >= 4 is 25.8 Å². The molecule has 1 unspecified atom stereocenters. The summed E-state index contributed by atoms with van der Waals surface area (Å²) in [4.78, 5) is 10.4. The van der Waals surface area contributed by atoms with Crippen molar-refractivity contribution in [2.45, 2.75) is 12.8 Å². The highest BCUT2D eigenvalue weighted by Gasteiger charge is 2.29. The van der Waals surface area contributed by atoms with Gasteiger partial charge in [-0.15, -0.1) is 0 Å². The SMILES string of the molecule is CS(=O)(=O)N1CCCC(CS(=O)(=O)CC(=O)O)C1. The van der Waals surface area contributed by atoms with Gasteiger partial charge in [0.2, 0.25) is 10.0 Å². The van der Waals surface area contributed by atoms with Gasteiger partial charge in [-0.05, 0) is 18.8 Å². The van der Waals surface area contributed by atoms with E-state index in [-0.39, 0.29) is 18.2 Å². The molecule has 1 heterocycles. The first-order chi connectivity index (χ1) is 8.10. The molecule has 0 aromatic rings. The minimum atomic E-state index is -3.67. The Morgan fingerprint density at radius 3 is 2.44 bits per heavy atom. The molecule has 1 aliphatic heterocycles. The number of carboxylic acids is 1. The van der Waals surface area contributed by atoms with Crippen molar-refractivity contribution in [2.24, 2.45) is 5.92 Å². The van der Waals surface area contributed by atoms with Crippen LogP contribution in [0.5, 0.6) is 0 Å². The van der Waals surface area contributed by atoms with Gasteiger partial charge in [0.1, 0.15) is 5.75 Å². The highest BCUT2D eigenvalue weighted by molar-refractivity contribution is 7.92. The van der Waals surface area contributed by atoms with Gasteiger partial charge in [0.15, 0.2) is 9.84 Å².